The van der Waals surface area contributed by atoms with Crippen LogP contribution in [0.25, 0.3) is 10.9 Å². The summed E-state index contributed by atoms with van der Waals surface area (Å²) in [5.41, 5.74) is -2.93. The molecule has 5 aliphatic rings. The number of nitrogens with one attached hydrogen (secondary N) is 2. The molecule has 5 nitrogen and oxygen atoms in total. The number of alkyl halides is 6. The summed E-state index contributed by atoms with van der Waals surface area (Å²) in [5, 5.41) is 1.58. The highest BCUT2D eigenvalue weighted by molar-refractivity contribution is 5.98. The molecular formula is C23H19F6N3O2. The molecule has 5 atom stereocenters. The maximum atomic E-state index is 13.6. The van der Waals surface area contributed by atoms with Crippen LogP contribution in [0.5, 0.6) is 0 Å². The van der Waals surface area contributed by atoms with E-state index in [1.165, 1.54) is 6.07 Å². The van der Waals surface area contributed by atoms with Crippen LogP contribution in [0, 0.1) is 11.8 Å². The number of hydrogen-bond donors (Lipinski definition) is 2. The third-order valence-corrected chi connectivity index (χ3v) is 8.16. The molecule has 2 saturated heterocycles. The molecule has 34 heavy (non-hydrogen) atoms. The number of carbonyl (C=O) groups is 1. The zero-order valence-electron chi connectivity index (χ0n) is 17.6. The van der Waals surface area contributed by atoms with E-state index in [4.69, 9.17) is 0 Å². The molecule has 2 N–H and O–H groups in total. The van der Waals surface area contributed by atoms with Gasteiger partial charge in [0.25, 0.3) is 5.91 Å². The summed E-state index contributed by atoms with van der Waals surface area (Å²) >= 11 is 0. The Morgan fingerprint density at radius 1 is 1.12 bits per heavy atom. The van der Waals surface area contributed by atoms with E-state index in [-0.39, 0.29) is 17.1 Å². The lowest BCUT2D eigenvalue weighted by Gasteiger charge is -2.69. The first-order valence-corrected chi connectivity index (χ1v) is 11.0. The van der Waals surface area contributed by atoms with Crippen LogP contribution in [-0.4, -0.2) is 39.6 Å². The van der Waals surface area contributed by atoms with Gasteiger partial charge in [0.2, 0.25) is 5.43 Å². The number of halogens is 6. The number of fused-ring (bicyclic) bond motifs is 2. The van der Waals surface area contributed by atoms with Crippen molar-refractivity contribution < 1.29 is 31.1 Å². The summed E-state index contributed by atoms with van der Waals surface area (Å²) in [6.45, 7) is 0. The summed E-state index contributed by atoms with van der Waals surface area (Å²) in [6.07, 6.45) is -3.66. The van der Waals surface area contributed by atoms with Crippen LogP contribution in [-0.2, 0) is 6.18 Å². The molecule has 1 spiro atoms. The van der Waals surface area contributed by atoms with Crippen molar-refractivity contribution in [2.45, 2.75) is 55.7 Å². The summed E-state index contributed by atoms with van der Waals surface area (Å²) in [4.78, 5) is 30.3. The van der Waals surface area contributed by atoms with Gasteiger partial charge in [0.05, 0.1) is 17.0 Å². The van der Waals surface area contributed by atoms with Gasteiger partial charge in [-0.05, 0) is 43.9 Å². The predicted octanol–water partition coefficient (Wildman–Crippen LogP) is 4.35. The molecule has 2 aliphatic heterocycles. The molecule has 2 saturated carbocycles. The third-order valence-electron chi connectivity index (χ3n) is 8.16. The maximum Gasteiger partial charge on any atom is 0.417 e. The lowest BCUT2D eigenvalue weighted by Crippen LogP contribution is -2.75. The van der Waals surface area contributed by atoms with E-state index in [0.29, 0.717) is 11.6 Å². The van der Waals surface area contributed by atoms with E-state index >= 15 is 0 Å². The van der Waals surface area contributed by atoms with Gasteiger partial charge in [-0.25, -0.2) is 0 Å². The average molecular weight is 483 g/mol. The molecule has 1 aromatic heterocycles. The minimum absolute atomic E-state index is 0.124. The lowest BCUT2D eigenvalue weighted by atomic mass is 9.58. The maximum absolute atomic E-state index is 13.6. The number of nitrogens with zero attached hydrogens (tertiary/aromatic N) is 1. The van der Waals surface area contributed by atoms with Gasteiger partial charge < -0.3 is 15.2 Å². The molecule has 7 rings (SSSR count). The zero-order valence-corrected chi connectivity index (χ0v) is 17.6. The van der Waals surface area contributed by atoms with Crippen molar-refractivity contribution in [3.05, 3.63) is 57.5 Å². The van der Waals surface area contributed by atoms with E-state index < -0.39 is 52.2 Å². The Kier molecular flexibility index (Phi) is 4.17. The summed E-state index contributed by atoms with van der Waals surface area (Å²) < 4.78 is 81.2. The van der Waals surface area contributed by atoms with Crippen molar-refractivity contribution in [2.75, 3.05) is 0 Å². The number of hydrogen-bond acceptors (Lipinski definition) is 3. The Hall–Kier alpha value is -2.98. The number of amides is 1. The van der Waals surface area contributed by atoms with Crippen LogP contribution in [0.4, 0.5) is 26.3 Å². The summed E-state index contributed by atoms with van der Waals surface area (Å²) in [5.74, 6) is -2.59. The van der Waals surface area contributed by atoms with Gasteiger partial charge in [-0.1, -0.05) is 6.07 Å². The van der Waals surface area contributed by atoms with E-state index in [1.54, 1.807) is 0 Å². The van der Waals surface area contributed by atoms with Crippen molar-refractivity contribution in [1.29, 1.82) is 0 Å². The van der Waals surface area contributed by atoms with Crippen molar-refractivity contribution >= 4 is 16.8 Å². The fourth-order valence-electron chi connectivity index (χ4n) is 6.55. The highest BCUT2D eigenvalue weighted by Gasteiger charge is 2.72. The third kappa shape index (κ3) is 2.69. The van der Waals surface area contributed by atoms with Gasteiger partial charge in [-0.15, -0.1) is 0 Å². The Morgan fingerprint density at radius 3 is 2.44 bits per heavy atom. The van der Waals surface area contributed by atoms with Gasteiger partial charge in [-0.2, -0.15) is 26.3 Å². The van der Waals surface area contributed by atoms with Gasteiger partial charge in [-0.3, -0.25) is 9.59 Å². The molecule has 3 aliphatic carbocycles. The molecule has 180 valence electrons. The number of H-pyrrole nitrogens is 1. The molecule has 11 heteroatoms. The van der Waals surface area contributed by atoms with Gasteiger partial charge >= 0.3 is 12.4 Å². The van der Waals surface area contributed by atoms with Crippen LogP contribution in [0.2, 0.25) is 0 Å². The number of carbonyl (C=O) groups excluding carboxylic acids is 1. The van der Waals surface area contributed by atoms with Crippen LogP contribution in [0.1, 0.15) is 41.6 Å². The normalized spacial score (nSPS) is 31.8. The number of rotatable bonds is 3. The van der Waals surface area contributed by atoms with Crippen LogP contribution in [0.15, 0.2) is 41.0 Å². The highest BCUT2D eigenvalue weighted by Crippen LogP contribution is 2.68. The molecular weight excluding hydrogens is 464 g/mol. The Morgan fingerprint density at radius 2 is 1.85 bits per heavy atom. The quantitative estimate of drug-likeness (QED) is 0.639. The standard InChI is InChI=1S/C23H19F6N3O2/c24-22(25,26)12-2-1-3-14-17(12)19(33)10(9-30-14)20(34)31-18-13(23(27,28)29)8-16(18)32-15-5-7-21(32)6-4-11(15)21/h1-3,8-9,11,13,15,18H,4-7H2,(H,30,33)(H,31,34)/t11?,13?,15?,18-,21?/m0/s1. The first-order chi connectivity index (χ1) is 15.9. The Balaban J connectivity index is 1.34. The van der Waals surface area contributed by atoms with Crippen molar-refractivity contribution in [2.24, 2.45) is 11.8 Å². The monoisotopic (exact) mass is 483 g/mol. The van der Waals surface area contributed by atoms with E-state index in [0.717, 1.165) is 50.1 Å². The molecule has 4 unspecified atom stereocenters. The van der Waals surface area contributed by atoms with E-state index in [2.05, 4.69) is 10.3 Å². The first-order valence-electron chi connectivity index (χ1n) is 11.0. The second kappa shape index (κ2) is 6.57. The second-order valence-electron chi connectivity index (χ2n) is 9.59. The predicted molar refractivity (Wildman–Crippen MR) is 109 cm³/mol. The molecule has 1 amide bonds. The van der Waals surface area contributed by atoms with Gasteiger partial charge in [0.1, 0.15) is 11.5 Å². The number of benzene rings is 1. The number of piperidine rings is 1. The fraction of sp³-hybridized carbons (Fsp3) is 0.478. The lowest BCUT2D eigenvalue weighted by molar-refractivity contribution is -0.187. The highest BCUT2D eigenvalue weighted by atomic mass is 19.4. The van der Waals surface area contributed by atoms with Crippen LogP contribution < -0.4 is 10.7 Å². The van der Waals surface area contributed by atoms with Gasteiger partial charge in [0.15, 0.2) is 0 Å². The molecule has 2 aromatic rings. The van der Waals surface area contributed by atoms with Gasteiger partial charge in [0, 0.05) is 34.9 Å². The Bertz CT molecular complexity index is 1310. The minimum atomic E-state index is -4.84. The number of aromatic amines is 1. The molecule has 3 heterocycles. The largest absolute Gasteiger partial charge is 0.417 e. The summed E-state index contributed by atoms with van der Waals surface area (Å²) in [6, 6.07) is 1.87. The topological polar surface area (TPSA) is 65.2 Å². The van der Waals surface area contributed by atoms with Crippen molar-refractivity contribution in [3.8, 4) is 0 Å². The average Bonchev–Trinajstić information content (AvgIpc) is 3.22. The van der Waals surface area contributed by atoms with E-state index in [9.17, 15) is 35.9 Å². The van der Waals surface area contributed by atoms with Crippen molar-refractivity contribution in [1.82, 2.24) is 15.2 Å². The van der Waals surface area contributed by atoms with Crippen LogP contribution in [0.3, 0.4) is 0 Å². The summed E-state index contributed by atoms with van der Waals surface area (Å²) in [7, 11) is 0. The smallest absolute Gasteiger partial charge is 0.364 e. The number of aromatic nitrogens is 1. The molecule has 2 bridgehead atoms. The van der Waals surface area contributed by atoms with Crippen molar-refractivity contribution in [3.63, 3.8) is 0 Å². The molecule has 4 fully saturated rings. The molecule has 0 radical (unpaired) electrons. The zero-order chi connectivity index (χ0) is 24.2. The minimum Gasteiger partial charge on any atom is -0.364 e. The second-order valence-corrected chi connectivity index (χ2v) is 9.59. The fourth-order valence-corrected chi connectivity index (χ4v) is 6.55. The first kappa shape index (κ1) is 21.5. The van der Waals surface area contributed by atoms with Crippen LogP contribution >= 0.6 is 0 Å². The number of pyridine rings is 1. The molecule has 1 aromatic carbocycles. The Labute approximate surface area is 188 Å². The SMILES string of the molecule is O=C(N[C@@H]1C(N2C3CCC24CCC34)=CC1C(F)(F)F)c1c[nH]c2cccc(C(F)(F)F)c2c1=O. The van der Waals surface area contributed by atoms with E-state index in [1.807, 2.05) is 4.90 Å².